The first-order valence-corrected chi connectivity index (χ1v) is 11.0. The molecule has 2 aromatic rings. The van der Waals surface area contributed by atoms with Crippen molar-refractivity contribution in [3.05, 3.63) is 70.6 Å². The Hall–Kier alpha value is -3.07. The van der Waals surface area contributed by atoms with E-state index in [-0.39, 0.29) is 0 Å². The molecule has 0 aromatic heterocycles. The standard InChI is InChI=1S/C27H30N2O/c1-6-19-11-9-10-12-20(19)27-21-13-17(4)23(28-7-2)15-25(21)30-26-16-24(29-8-3)18(5)14-22(26)27/h9-16,28H,6-8H2,1-5H3/p+1. The second kappa shape index (κ2) is 8.35. The summed E-state index contributed by atoms with van der Waals surface area (Å²) in [5.74, 6) is 0.913. The van der Waals surface area contributed by atoms with Gasteiger partial charge in [0.05, 0.1) is 6.07 Å². The fraction of sp³-hybridized carbons (Fsp3) is 0.296. The zero-order chi connectivity index (χ0) is 21.3. The second-order valence-corrected chi connectivity index (χ2v) is 7.88. The maximum Gasteiger partial charge on any atom is 0.204 e. The summed E-state index contributed by atoms with van der Waals surface area (Å²) in [6.45, 7) is 12.6. The fourth-order valence-corrected chi connectivity index (χ4v) is 4.32. The van der Waals surface area contributed by atoms with Crippen molar-refractivity contribution in [1.29, 1.82) is 0 Å². The van der Waals surface area contributed by atoms with Crippen molar-refractivity contribution in [1.82, 2.24) is 0 Å². The molecule has 0 fully saturated rings. The average Bonchev–Trinajstić information content (AvgIpc) is 2.74. The normalized spacial score (nSPS) is 12.1. The molecule has 2 aromatic carbocycles. The predicted octanol–water partition coefficient (Wildman–Crippen LogP) is 4.82. The average molecular weight is 400 g/mol. The molecule has 2 aliphatic rings. The molecule has 1 aliphatic carbocycles. The molecule has 3 heteroatoms. The first-order valence-electron chi connectivity index (χ1n) is 11.0. The van der Waals surface area contributed by atoms with Crippen LogP contribution in [0.4, 0.5) is 5.69 Å². The van der Waals surface area contributed by atoms with Crippen molar-refractivity contribution in [2.45, 2.75) is 41.0 Å². The van der Waals surface area contributed by atoms with Gasteiger partial charge in [0.2, 0.25) is 5.36 Å². The monoisotopic (exact) mass is 399 g/mol. The van der Waals surface area contributed by atoms with Crippen molar-refractivity contribution in [2.24, 2.45) is 0 Å². The summed E-state index contributed by atoms with van der Waals surface area (Å²) >= 11 is 0. The van der Waals surface area contributed by atoms with Gasteiger partial charge in [0, 0.05) is 40.4 Å². The summed E-state index contributed by atoms with van der Waals surface area (Å²) in [6.07, 6.45) is 0.994. The van der Waals surface area contributed by atoms with Crippen LogP contribution in [0.3, 0.4) is 0 Å². The number of rotatable bonds is 5. The van der Waals surface area contributed by atoms with E-state index in [4.69, 9.17) is 4.42 Å². The van der Waals surface area contributed by atoms with E-state index in [0.717, 1.165) is 52.8 Å². The van der Waals surface area contributed by atoms with Gasteiger partial charge < -0.3 is 9.73 Å². The van der Waals surface area contributed by atoms with E-state index in [1.54, 1.807) is 0 Å². The van der Waals surface area contributed by atoms with Crippen molar-refractivity contribution in [2.75, 3.05) is 18.4 Å². The zero-order valence-electron chi connectivity index (χ0n) is 18.6. The Morgan fingerprint density at radius 2 is 1.70 bits per heavy atom. The van der Waals surface area contributed by atoms with E-state index in [1.807, 2.05) is 0 Å². The molecule has 0 unspecified atom stereocenters. The van der Waals surface area contributed by atoms with Gasteiger partial charge in [-0.15, -0.1) is 0 Å². The Morgan fingerprint density at radius 3 is 2.43 bits per heavy atom. The van der Waals surface area contributed by atoms with Crippen molar-refractivity contribution in [3.63, 3.8) is 0 Å². The quantitative estimate of drug-likeness (QED) is 0.473. The molecule has 0 atom stereocenters. The van der Waals surface area contributed by atoms with Crippen LogP contribution in [0.25, 0.3) is 33.4 Å². The molecule has 0 spiro atoms. The first-order chi connectivity index (χ1) is 14.6. The van der Waals surface area contributed by atoms with Crippen LogP contribution in [0, 0.1) is 13.8 Å². The summed E-state index contributed by atoms with van der Waals surface area (Å²) in [5.41, 5.74) is 9.58. The summed E-state index contributed by atoms with van der Waals surface area (Å²) in [5, 5.41) is 5.76. The SMILES string of the molecule is CCNc1cc2oc3cc(=[NH+]CC)c(C)cc-3c(-c3ccccc3CC)c2cc1C. The Morgan fingerprint density at radius 1 is 0.900 bits per heavy atom. The zero-order valence-corrected chi connectivity index (χ0v) is 18.6. The maximum absolute atomic E-state index is 6.49. The molecule has 1 heterocycles. The minimum atomic E-state index is 0.884. The highest BCUT2D eigenvalue weighted by Crippen LogP contribution is 2.42. The third kappa shape index (κ3) is 3.49. The van der Waals surface area contributed by atoms with Gasteiger partial charge in [0.25, 0.3) is 0 Å². The summed E-state index contributed by atoms with van der Waals surface area (Å²) in [6, 6.07) is 17.6. The number of hydrogen-bond acceptors (Lipinski definition) is 2. The number of fused-ring (bicyclic) bond motifs is 2. The van der Waals surface area contributed by atoms with Crippen LogP contribution in [0.1, 0.15) is 37.5 Å². The third-order valence-electron chi connectivity index (χ3n) is 5.81. The van der Waals surface area contributed by atoms with Gasteiger partial charge in [0.15, 0.2) is 0 Å². The van der Waals surface area contributed by atoms with E-state index in [0.29, 0.717) is 0 Å². The molecule has 3 nitrogen and oxygen atoms in total. The van der Waals surface area contributed by atoms with Crippen LogP contribution < -0.4 is 15.7 Å². The molecule has 4 rings (SSSR count). The minimum absolute atomic E-state index is 0.884. The van der Waals surface area contributed by atoms with Crippen LogP contribution >= 0.6 is 0 Å². The second-order valence-electron chi connectivity index (χ2n) is 7.88. The van der Waals surface area contributed by atoms with Crippen LogP contribution in [-0.2, 0) is 6.42 Å². The van der Waals surface area contributed by atoms with Gasteiger partial charge in [-0.1, -0.05) is 31.2 Å². The van der Waals surface area contributed by atoms with Gasteiger partial charge >= 0.3 is 0 Å². The van der Waals surface area contributed by atoms with Gasteiger partial charge in [0.1, 0.15) is 17.9 Å². The van der Waals surface area contributed by atoms with Gasteiger partial charge in [-0.2, -0.15) is 0 Å². The number of nitrogens with one attached hydrogen (secondary N) is 2. The van der Waals surface area contributed by atoms with Gasteiger partial charge in [-0.25, -0.2) is 4.99 Å². The Bertz CT molecular complexity index is 1250. The van der Waals surface area contributed by atoms with E-state index in [9.17, 15) is 0 Å². The molecule has 1 aliphatic heterocycles. The number of benzene rings is 3. The van der Waals surface area contributed by atoms with Gasteiger partial charge in [-0.3, -0.25) is 0 Å². The van der Waals surface area contributed by atoms with Gasteiger partial charge in [-0.05, 0) is 62.9 Å². The van der Waals surface area contributed by atoms with Crippen LogP contribution in [0.2, 0.25) is 0 Å². The lowest BCUT2D eigenvalue weighted by Crippen LogP contribution is -2.76. The van der Waals surface area contributed by atoms with Crippen molar-refractivity contribution >= 4 is 16.7 Å². The molecule has 154 valence electrons. The van der Waals surface area contributed by atoms with Crippen molar-refractivity contribution in [3.8, 4) is 22.5 Å². The summed E-state index contributed by atoms with van der Waals surface area (Å²) < 4.78 is 6.49. The van der Waals surface area contributed by atoms with Crippen molar-refractivity contribution < 1.29 is 9.41 Å². The highest BCUT2D eigenvalue weighted by Gasteiger charge is 2.21. The third-order valence-corrected chi connectivity index (χ3v) is 5.81. The fourth-order valence-electron chi connectivity index (χ4n) is 4.32. The van der Waals surface area contributed by atoms with E-state index >= 15 is 0 Å². The maximum atomic E-state index is 6.49. The number of aryl methyl sites for hydroxylation is 3. The number of anilines is 1. The lowest BCUT2D eigenvalue weighted by Gasteiger charge is -2.19. The molecular formula is C27H31N2O+. The minimum Gasteiger partial charge on any atom is -0.456 e. The molecular weight excluding hydrogens is 368 g/mol. The topological polar surface area (TPSA) is 39.1 Å². The highest BCUT2D eigenvalue weighted by atomic mass is 16.3. The van der Waals surface area contributed by atoms with E-state index < -0.39 is 0 Å². The largest absolute Gasteiger partial charge is 0.456 e. The highest BCUT2D eigenvalue weighted by molar-refractivity contribution is 6.03. The summed E-state index contributed by atoms with van der Waals surface area (Å²) in [7, 11) is 0. The summed E-state index contributed by atoms with van der Waals surface area (Å²) in [4.78, 5) is 3.47. The van der Waals surface area contributed by atoms with Crippen LogP contribution in [0.15, 0.2) is 52.9 Å². The molecule has 30 heavy (non-hydrogen) atoms. The molecule has 0 saturated heterocycles. The smallest absolute Gasteiger partial charge is 0.204 e. The Balaban J connectivity index is 2.18. The molecule has 0 bridgehead atoms. The Labute approximate surface area is 178 Å². The van der Waals surface area contributed by atoms with E-state index in [2.05, 4.69) is 93.5 Å². The lowest BCUT2D eigenvalue weighted by atomic mass is 9.88. The van der Waals surface area contributed by atoms with Crippen LogP contribution in [0.5, 0.6) is 0 Å². The predicted molar refractivity (Wildman–Crippen MR) is 126 cm³/mol. The lowest BCUT2D eigenvalue weighted by molar-refractivity contribution is -0.496. The number of hydrogen-bond donors (Lipinski definition) is 2. The molecule has 0 amide bonds. The molecule has 2 N–H and O–H groups in total. The Kier molecular flexibility index (Phi) is 5.63. The van der Waals surface area contributed by atoms with E-state index in [1.165, 1.54) is 27.8 Å². The van der Waals surface area contributed by atoms with Crippen LogP contribution in [-0.4, -0.2) is 13.1 Å². The molecule has 0 radical (unpaired) electrons. The first kappa shape index (κ1) is 20.2. The molecule has 0 saturated carbocycles.